The van der Waals surface area contributed by atoms with Crippen LogP contribution in [0, 0.1) is 0 Å². The molecule has 0 radical (unpaired) electrons. The van der Waals surface area contributed by atoms with Crippen LogP contribution in [0.15, 0.2) is 45.5 Å². The molecular weight excluding hydrogens is 332 g/mol. The Morgan fingerprint density at radius 3 is 2.19 bits per heavy atom. The molecule has 1 heterocycles. The van der Waals surface area contributed by atoms with Crippen molar-refractivity contribution in [2.24, 2.45) is 5.73 Å². The van der Waals surface area contributed by atoms with E-state index in [1.54, 1.807) is 0 Å². The molecule has 0 spiro atoms. The van der Waals surface area contributed by atoms with Crippen LogP contribution in [0.1, 0.15) is 4.88 Å². The van der Waals surface area contributed by atoms with E-state index in [4.69, 9.17) is 5.73 Å². The summed E-state index contributed by atoms with van der Waals surface area (Å²) in [4.78, 5) is 1.04. The number of sulfonamides is 1. The summed E-state index contributed by atoms with van der Waals surface area (Å²) in [6.45, 7) is 0.281. The largest absolute Gasteiger partial charge is 0.326 e. The number of nitrogens with one attached hydrogen (secondary N) is 1. The molecule has 2 rings (SSSR count). The smallest absolute Gasteiger partial charge is 0.262 e. The van der Waals surface area contributed by atoms with Gasteiger partial charge in [0.25, 0.3) is 10.0 Å². The molecule has 0 fully saturated rings. The van der Waals surface area contributed by atoms with E-state index >= 15 is 0 Å². The molecule has 1 aromatic heterocycles. The number of hydrogen-bond donors (Lipinski definition) is 2. The SMILES string of the molecule is CS(=O)(=O)c1ccc(NS(=O)(=O)c2csc(CN)c2)cc1. The van der Waals surface area contributed by atoms with E-state index in [1.165, 1.54) is 47.0 Å². The monoisotopic (exact) mass is 346 g/mol. The Morgan fingerprint density at radius 2 is 1.71 bits per heavy atom. The van der Waals surface area contributed by atoms with Crippen LogP contribution in [0.4, 0.5) is 5.69 Å². The Bertz CT molecular complexity index is 837. The van der Waals surface area contributed by atoms with Gasteiger partial charge in [0.05, 0.1) is 9.79 Å². The molecule has 114 valence electrons. The van der Waals surface area contributed by atoms with Gasteiger partial charge in [0.1, 0.15) is 0 Å². The molecule has 0 aliphatic carbocycles. The topological polar surface area (TPSA) is 106 Å². The van der Waals surface area contributed by atoms with E-state index in [9.17, 15) is 16.8 Å². The second-order valence-corrected chi connectivity index (χ2v) is 9.05. The van der Waals surface area contributed by atoms with Gasteiger partial charge in [-0.15, -0.1) is 11.3 Å². The van der Waals surface area contributed by atoms with Gasteiger partial charge in [-0.05, 0) is 30.3 Å². The second-order valence-electron chi connectivity index (χ2n) is 4.35. The lowest BCUT2D eigenvalue weighted by atomic mass is 10.3. The highest BCUT2D eigenvalue weighted by Gasteiger charge is 2.16. The van der Waals surface area contributed by atoms with Crippen molar-refractivity contribution >= 4 is 36.9 Å². The van der Waals surface area contributed by atoms with E-state index in [0.717, 1.165) is 11.1 Å². The number of rotatable bonds is 5. The van der Waals surface area contributed by atoms with Gasteiger partial charge in [-0.3, -0.25) is 4.72 Å². The van der Waals surface area contributed by atoms with Crippen LogP contribution in [-0.2, 0) is 26.4 Å². The lowest BCUT2D eigenvalue weighted by Crippen LogP contribution is -2.12. The number of nitrogens with two attached hydrogens (primary N) is 1. The minimum atomic E-state index is -3.70. The molecular formula is C12H14N2O4S3. The number of thiophene rings is 1. The van der Waals surface area contributed by atoms with Gasteiger partial charge < -0.3 is 5.73 Å². The first kappa shape index (κ1) is 16.0. The molecule has 21 heavy (non-hydrogen) atoms. The maximum Gasteiger partial charge on any atom is 0.262 e. The number of hydrogen-bond acceptors (Lipinski definition) is 6. The van der Waals surface area contributed by atoms with Crippen LogP contribution in [0.3, 0.4) is 0 Å². The Balaban J connectivity index is 2.24. The molecule has 3 N–H and O–H groups in total. The number of anilines is 1. The summed E-state index contributed by atoms with van der Waals surface area (Å²) in [6.07, 6.45) is 1.09. The summed E-state index contributed by atoms with van der Waals surface area (Å²) in [7, 11) is -7.00. The van der Waals surface area contributed by atoms with Crippen LogP contribution in [0.2, 0.25) is 0 Å². The van der Waals surface area contributed by atoms with Crippen LogP contribution in [0.5, 0.6) is 0 Å². The van der Waals surface area contributed by atoms with Gasteiger partial charge >= 0.3 is 0 Å². The summed E-state index contributed by atoms with van der Waals surface area (Å²) >= 11 is 1.27. The maximum atomic E-state index is 12.1. The first-order chi connectivity index (χ1) is 9.72. The average Bonchev–Trinajstić information content (AvgIpc) is 2.87. The summed E-state index contributed by atoms with van der Waals surface area (Å²) in [5.41, 5.74) is 5.75. The summed E-state index contributed by atoms with van der Waals surface area (Å²) in [6, 6.07) is 7.03. The third-order valence-electron chi connectivity index (χ3n) is 2.68. The third kappa shape index (κ3) is 3.82. The van der Waals surface area contributed by atoms with Gasteiger partial charge in [-0.25, -0.2) is 16.8 Å². The molecule has 1 aromatic carbocycles. The van der Waals surface area contributed by atoms with Gasteiger partial charge in [-0.1, -0.05) is 0 Å². The molecule has 0 bridgehead atoms. The lowest BCUT2D eigenvalue weighted by molar-refractivity contribution is 0.600. The second kappa shape index (κ2) is 5.76. The Morgan fingerprint density at radius 1 is 1.10 bits per heavy atom. The standard InChI is InChI=1S/C12H14N2O4S3/c1-20(15,16)11-4-2-9(3-5-11)14-21(17,18)12-6-10(7-13)19-8-12/h2-6,8,14H,7,13H2,1H3. The van der Waals surface area contributed by atoms with Crippen LogP contribution in [-0.4, -0.2) is 23.1 Å². The molecule has 0 unspecified atom stereocenters. The fourth-order valence-electron chi connectivity index (χ4n) is 1.59. The quantitative estimate of drug-likeness (QED) is 0.851. The predicted octanol–water partition coefficient (Wildman–Crippen LogP) is 1.41. The molecule has 2 aromatic rings. The number of sulfone groups is 1. The molecule has 0 saturated carbocycles. The van der Waals surface area contributed by atoms with E-state index in [-0.39, 0.29) is 16.3 Å². The minimum absolute atomic E-state index is 0.131. The number of benzene rings is 1. The third-order valence-corrected chi connectivity index (χ3v) is 6.27. The fourth-order valence-corrected chi connectivity index (χ4v) is 4.44. The summed E-state index contributed by atoms with van der Waals surface area (Å²) < 4.78 is 49.4. The summed E-state index contributed by atoms with van der Waals surface area (Å²) in [5, 5.41) is 1.51. The van der Waals surface area contributed by atoms with Crippen molar-refractivity contribution in [3.8, 4) is 0 Å². The van der Waals surface area contributed by atoms with Crippen molar-refractivity contribution in [1.29, 1.82) is 0 Å². The predicted molar refractivity (Wildman–Crippen MR) is 82.6 cm³/mol. The van der Waals surface area contributed by atoms with E-state index < -0.39 is 19.9 Å². The Hall–Kier alpha value is -1.42. The van der Waals surface area contributed by atoms with Crippen molar-refractivity contribution in [3.05, 3.63) is 40.6 Å². The minimum Gasteiger partial charge on any atom is -0.326 e. The average molecular weight is 346 g/mol. The van der Waals surface area contributed by atoms with Gasteiger partial charge in [0.2, 0.25) is 0 Å². The van der Waals surface area contributed by atoms with Crippen LogP contribution >= 0.6 is 11.3 Å². The van der Waals surface area contributed by atoms with Gasteiger partial charge in [0, 0.05) is 28.7 Å². The molecule has 6 nitrogen and oxygen atoms in total. The molecule has 0 atom stereocenters. The highest BCUT2D eigenvalue weighted by atomic mass is 32.2. The maximum absolute atomic E-state index is 12.1. The molecule has 0 amide bonds. The van der Waals surface area contributed by atoms with Crippen molar-refractivity contribution in [3.63, 3.8) is 0 Å². The molecule has 9 heteroatoms. The van der Waals surface area contributed by atoms with Crippen LogP contribution in [0.25, 0.3) is 0 Å². The molecule has 0 saturated heterocycles. The normalized spacial score (nSPS) is 12.3. The zero-order valence-electron chi connectivity index (χ0n) is 11.1. The Kier molecular flexibility index (Phi) is 4.38. The Labute approximate surface area is 127 Å². The highest BCUT2D eigenvalue weighted by Crippen LogP contribution is 2.22. The van der Waals surface area contributed by atoms with Gasteiger partial charge in [-0.2, -0.15) is 0 Å². The van der Waals surface area contributed by atoms with Crippen molar-refractivity contribution in [1.82, 2.24) is 0 Å². The molecule has 0 aliphatic rings. The first-order valence-corrected chi connectivity index (χ1v) is 10.1. The lowest BCUT2D eigenvalue weighted by Gasteiger charge is -2.07. The summed E-state index contributed by atoms with van der Waals surface area (Å²) in [5.74, 6) is 0. The van der Waals surface area contributed by atoms with E-state index in [1.807, 2.05) is 0 Å². The van der Waals surface area contributed by atoms with Crippen molar-refractivity contribution in [2.75, 3.05) is 11.0 Å². The zero-order valence-corrected chi connectivity index (χ0v) is 13.6. The van der Waals surface area contributed by atoms with E-state index in [0.29, 0.717) is 5.69 Å². The zero-order chi connectivity index (χ0) is 15.7. The van der Waals surface area contributed by atoms with Crippen LogP contribution < -0.4 is 10.5 Å². The van der Waals surface area contributed by atoms with Gasteiger partial charge in [0.15, 0.2) is 9.84 Å². The first-order valence-electron chi connectivity index (χ1n) is 5.83. The van der Waals surface area contributed by atoms with Crippen molar-refractivity contribution < 1.29 is 16.8 Å². The highest BCUT2D eigenvalue weighted by molar-refractivity contribution is 7.92. The molecule has 0 aliphatic heterocycles. The van der Waals surface area contributed by atoms with Crippen molar-refractivity contribution in [2.45, 2.75) is 16.3 Å². The fraction of sp³-hybridized carbons (Fsp3) is 0.167. The van der Waals surface area contributed by atoms with E-state index in [2.05, 4.69) is 4.72 Å².